The number of Topliss-reactive ketones (excluding diaryl/α,β-unsaturated/α-hetero) is 2. The predicted molar refractivity (Wildman–Crippen MR) is 116 cm³/mol. The zero-order valence-electron chi connectivity index (χ0n) is 19.3. The zero-order valence-corrected chi connectivity index (χ0v) is 19.3. The number of aliphatic hydroxyl groups excluding tert-OH is 1. The number of carbonyl (C=O) groups excluding carboxylic acids is 3. The molecule has 3 N–H and O–H groups in total. The number of rotatable bonds is 6. The molecule has 7 atom stereocenters. The minimum Gasteiger partial charge on any atom is -0.481 e. The van der Waals surface area contributed by atoms with Gasteiger partial charge in [0.05, 0.1) is 18.9 Å². The lowest BCUT2D eigenvalue weighted by Crippen LogP contribution is -2.61. The van der Waals surface area contributed by atoms with E-state index >= 15 is 0 Å². The maximum atomic E-state index is 13.1. The zero-order chi connectivity index (χ0) is 24.2. The van der Waals surface area contributed by atoms with Crippen LogP contribution in [0.3, 0.4) is 0 Å². The first-order valence-corrected chi connectivity index (χ1v) is 11.9. The number of allylic oxidation sites excluding steroid dienone is 2. The number of hydrogen-bond donors (Lipinski definition) is 3. The van der Waals surface area contributed by atoms with Gasteiger partial charge >= 0.3 is 11.9 Å². The second-order valence-corrected chi connectivity index (χ2v) is 11.0. The molecule has 33 heavy (non-hydrogen) atoms. The Kier molecular flexibility index (Phi) is 6.06. The van der Waals surface area contributed by atoms with Crippen molar-refractivity contribution in [2.75, 3.05) is 6.61 Å². The van der Waals surface area contributed by atoms with Crippen molar-refractivity contribution in [1.82, 2.24) is 0 Å². The lowest BCUT2D eigenvalue weighted by atomic mass is 9.46. The lowest BCUT2D eigenvalue weighted by molar-refractivity contribution is -0.182. The number of esters is 1. The number of carbonyl (C=O) groups is 4. The summed E-state index contributed by atoms with van der Waals surface area (Å²) in [4.78, 5) is 47.5. The van der Waals surface area contributed by atoms with E-state index in [0.29, 0.717) is 25.7 Å². The summed E-state index contributed by atoms with van der Waals surface area (Å²) in [6.07, 6.45) is 4.26. The van der Waals surface area contributed by atoms with Crippen LogP contribution in [0.2, 0.25) is 0 Å². The summed E-state index contributed by atoms with van der Waals surface area (Å²) in [5, 5.41) is 31.6. The fourth-order valence-corrected chi connectivity index (χ4v) is 7.62. The molecular formula is C25H34O8. The first kappa shape index (κ1) is 24.1. The fourth-order valence-electron chi connectivity index (χ4n) is 7.62. The largest absolute Gasteiger partial charge is 0.481 e. The van der Waals surface area contributed by atoms with Gasteiger partial charge in [0, 0.05) is 18.3 Å². The quantitative estimate of drug-likeness (QED) is 0.403. The molecular weight excluding hydrogens is 428 g/mol. The molecule has 0 saturated heterocycles. The van der Waals surface area contributed by atoms with Crippen LogP contribution in [0.25, 0.3) is 0 Å². The molecule has 0 bridgehead atoms. The molecule has 4 aliphatic carbocycles. The SMILES string of the molecule is C[C@]12CCC(=O)CC1=CC[C@@H]1[C@@H]2[C@@H](O)C[C@@]2(C)[C@H]1CC[C@]2(O)C(=O)COC(=O)CCC(=O)O. The summed E-state index contributed by atoms with van der Waals surface area (Å²) in [6, 6.07) is 0. The third-order valence-corrected chi connectivity index (χ3v) is 9.39. The van der Waals surface area contributed by atoms with Crippen molar-refractivity contribution < 1.29 is 39.2 Å². The van der Waals surface area contributed by atoms with Crippen LogP contribution in [0.15, 0.2) is 11.6 Å². The number of ketones is 2. The van der Waals surface area contributed by atoms with E-state index in [-0.39, 0.29) is 54.6 Å². The van der Waals surface area contributed by atoms with Crippen LogP contribution in [-0.4, -0.2) is 57.1 Å². The Bertz CT molecular complexity index is 908. The summed E-state index contributed by atoms with van der Waals surface area (Å²) >= 11 is 0. The molecule has 0 aromatic carbocycles. The highest BCUT2D eigenvalue weighted by molar-refractivity contribution is 5.91. The molecule has 0 amide bonds. The van der Waals surface area contributed by atoms with Crippen molar-refractivity contribution in [2.24, 2.45) is 28.6 Å². The molecule has 0 spiro atoms. The van der Waals surface area contributed by atoms with Crippen LogP contribution >= 0.6 is 0 Å². The van der Waals surface area contributed by atoms with Gasteiger partial charge < -0.3 is 20.1 Å². The Morgan fingerprint density at radius 3 is 2.61 bits per heavy atom. The van der Waals surface area contributed by atoms with Crippen molar-refractivity contribution in [3.05, 3.63) is 11.6 Å². The topological polar surface area (TPSA) is 138 Å². The first-order chi connectivity index (χ1) is 15.4. The van der Waals surface area contributed by atoms with Gasteiger partial charge in [-0.25, -0.2) is 0 Å². The van der Waals surface area contributed by atoms with Crippen molar-refractivity contribution >= 4 is 23.5 Å². The normalized spacial score (nSPS) is 41.9. The standard InChI is InChI=1S/C25H34O8/c1-23-9-7-15(26)11-14(23)3-4-16-17-8-10-25(32,24(17,2)12-18(27)22(16)23)19(28)13-33-21(31)6-5-20(29)30/h3,16-18,22,27,32H,4-13H2,1-2H3,(H,29,30)/t16-,17-,18-,22+,23-,24-,25-/m0/s1. The summed E-state index contributed by atoms with van der Waals surface area (Å²) in [7, 11) is 0. The minimum absolute atomic E-state index is 0.0185. The van der Waals surface area contributed by atoms with E-state index in [1.54, 1.807) is 0 Å². The predicted octanol–water partition coefficient (Wildman–Crippen LogP) is 2.20. The van der Waals surface area contributed by atoms with Crippen molar-refractivity contribution in [2.45, 2.75) is 83.3 Å². The summed E-state index contributed by atoms with van der Waals surface area (Å²) in [5.74, 6) is -2.17. The van der Waals surface area contributed by atoms with Crippen molar-refractivity contribution in [1.29, 1.82) is 0 Å². The average Bonchev–Trinajstić information content (AvgIpc) is 3.02. The van der Waals surface area contributed by atoms with E-state index in [1.165, 1.54) is 0 Å². The summed E-state index contributed by atoms with van der Waals surface area (Å²) in [5.41, 5.74) is -1.70. The molecule has 0 unspecified atom stereocenters. The van der Waals surface area contributed by atoms with Crippen LogP contribution in [0.5, 0.6) is 0 Å². The number of aliphatic carboxylic acids is 1. The van der Waals surface area contributed by atoms with Gasteiger partial charge in [-0.3, -0.25) is 19.2 Å². The highest BCUT2D eigenvalue weighted by Crippen LogP contribution is 2.67. The Labute approximate surface area is 193 Å². The monoisotopic (exact) mass is 462 g/mol. The van der Waals surface area contributed by atoms with E-state index in [2.05, 4.69) is 13.0 Å². The smallest absolute Gasteiger partial charge is 0.306 e. The number of carboxylic acid groups (broad SMARTS) is 1. The molecule has 0 aliphatic heterocycles. The van der Waals surface area contributed by atoms with Crippen molar-refractivity contribution in [3.63, 3.8) is 0 Å². The lowest BCUT2D eigenvalue weighted by Gasteiger charge is -2.59. The molecule has 4 rings (SSSR count). The molecule has 8 heteroatoms. The van der Waals surface area contributed by atoms with Gasteiger partial charge in [0.25, 0.3) is 0 Å². The first-order valence-electron chi connectivity index (χ1n) is 11.9. The molecule has 3 fully saturated rings. The third kappa shape index (κ3) is 3.75. The van der Waals surface area contributed by atoms with Gasteiger partial charge in [-0.1, -0.05) is 25.5 Å². The van der Waals surface area contributed by atoms with E-state index in [9.17, 15) is 29.4 Å². The number of hydrogen-bond acceptors (Lipinski definition) is 7. The van der Waals surface area contributed by atoms with Crippen LogP contribution in [0, 0.1) is 28.6 Å². The van der Waals surface area contributed by atoms with Crippen LogP contribution in [-0.2, 0) is 23.9 Å². The molecule has 8 nitrogen and oxygen atoms in total. The second-order valence-electron chi connectivity index (χ2n) is 11.0. The fraction of sp³-hybridized carbons (Fsp3) is 0.760. The maximum Gasteiger partial charge on any atom is 0.306 e. The Morgan fingerprint density at radius 1 is 1.18 bits per heavy atom. The van der Waals surface area contributed by atoms with Gasteiger partial charge in [0.1, 0.15) is 11.4 Å². The van der Waals surface area contributed by atoms with Crippen molar-refractivity contribution in [3.8, 4) is 0 Å². The number of ether oxygens (including phenoxy) is 1. The van der Waals surface area contributed by atoms with Crippen LogP contribution in [0.4, 0.5) is 0 Å². The number of carboxylic acids is 1. The number of aliphatic hydroxyl groups is 2. The van der Waals surface area contributed by atoms with E-state index in [0.717, 1.165) is 12.0 Å². The highest BCUT2D eigenvalue weighted by Gasteiger charge is 2.68. The number of fused-ring (bicyclic) bond motifs is 5. The van der Waals surface area contributed by atoms with E-state index in [4.69, 9.17) is 9.84 Å². The molecule has 0 heterocycles. The molecule has 0 radical (unpaired) electrons. The Hall–Kier alpha value is -2.06. The second kappa shape index (κ2) is 8.31. The molecule has 0 aromatic heterocycles. The molecule has 4 aliphatic rings. The molecule has 3 saturated carbocycles. The summed E-state index contributed by atoms with van der Waals surface area (Å²) in [6.45, 7) is 3.41. The van der Waals surface area contributed by atoms with Gasteiger partial charge in [-0.2, -0.15) is 0 Å². The van der Waals surface area contributed by atoms with Gasteiger partial charge in [-0.05, 0) is 55.3 Å². The van der Waals surface area contributed by atoms with Crippen LogP contribution in [0.1, 0.15) is 71.6 Å². The Morgan fingerprint density at radius 2 is 1.91 bits per heavy atom. The van der Waals surface area contributed by atoms with E-state index < -0.39 is 41.4 Å². The molecule has 0 aromatic rings. The minimum atomic E-state index is -1.72. The van der Waals surface area contributed by atoms with Gasteiger partial charge in [-0.15, -0.1) is 0 Å². The molecule has 182 valence electrons. The maximum absolute atomic E-state index is 13.1. The Balaban J connectivity index is 1.53. The average molecular weight is 463 g/mol. The summed E-state index contributed by atoms with van der Waals surface area (Å²) < 4.78 is 4.97. The van der Waals surface area contributed by atoms with Crippen LogP contribution < -0.4 is 0 Å². The third-order valence-electron chi connectivity index (χ3n) is 9.39. The van der Waals surface area contributed by atoms with E-state index in [1.807, 2.05) is 6.92 Å². The van der Waals surface area contributed by atoms with Gasteiger partial charge in [0.2, 0.25) is 5.78 Å². The van der Waals surface area contributed by atoms with Gasteiger partial charge in [0.15, 0.2) is 6.61 Å². The highest BCUT2D eigenvalue weighted by atomic mass is 16.5.